The van der Waals surface area contributed by atoms with E-state index in [1.807, 2.05) is 6.92 Å². The summed E-state index contributed by atoms with van der Waals surface area (Å²) >= 11 is 0. The van der Waals surface area contributed by atoms with Crippen LogP contribution >= 0.6 is 0 Å². The molecule has 0 radical (unpaired) electrons. The number of hydrogen-bond acceptors (Lipinski definition) is 4. The number of aromatic nitrogens is 4. The van der Waals surface area contributed by atoms with Crippen molar-refractivity contribution in [2.45, 2.75) is 64.6 Å². The van der Waals surface area contributed by atoms with Gasteiger partial charge in [-0.1, -0.05) is 25.7 Å². The van der Waals surface area contributed by atoms with Gasteiger partial charge < -0.3 is 5.32 Å². The second-order valence-corrected chi connectivity index (χ2v) is 6.13. The van der Waals surface area contributed by atoms with E-state index in [1.165, 1.54) is 23.7 Å². The summed E-state index contributed by atoms with van der Waals surface area (Å²) in [4.78, 5) is 29.0. The summed E-state index contributed by atoms with van der Waals surface area (Å²) < 4.78 is 2.98. The predicted molar refractivity (Wildman–Crippen MR) is 87.1 cm³/mol. The zero-order valence-corrected chi connectivity index (χ0v) is 13.5. The average molecular weight is 317 g/mol. The van der Waals surface area contributed by atoms with E-state index in [1.54, 1.807) is 10.9 Å². The lowest BCUT2D eigenvalue weighted by Gasteiger charge is -2.16. The molecule has 0 aliphatic heterocycles. The largest absolute Gasteiger partial charge is 0.352 e. The molecule has 1 N–H and O–H groups in total. The van der Waals surface area contributed by atoms with Crippen LogP contribution in [0.25, 0.3) is 11.0 Å². The maximum absolute atomic E-state index is 12.5. The van der Waals surface area contributed by atoms with Crippen LogP contribution in [-0.2, 0) is 17.9 Å². The number of fused-ring (bicyclic) bond motifs is 1. The number of amides is 1. The molecule has 7 heteroatoms. The molecule has 1 fully saturated rings. The first-order valence-electron chi connectivity index (χ1n) is 8.39. The summed E-state index contributed by atoms with van der Waals surface area (Å²) in [5.74, 6) is -0.122. The fourth-order valence-electron chi connectivity index (χ4n) is 3.21. The van der Waals surface area contributed by atoms with Crippen LogP contribution in [0.4, 0.5) is 0 Å². The molecule has 0 unspecified atom stereocenters. The zero-order chi connectivity index (χ0) is 16.2. The van der Waals surface area contributed by atoms with E-state index in [4.69, 9.17) is 0 Å². The molecule has 23 heavy (non-hydrogen) atoms. The van der Waals surface area contributed by atoms with Gasteiger partial charge in [0.25, 0.3) is 5.56 Å². The van der Waals surface area contributed by atoms with Gasteiger partial charge in [0, 0.05) is 12.6 Å². The van der Waals surface area contributed by atoms with E-state index in [9.17, 15) is 9.59 Å². The van der Waals surface area contributed by atoms with Gasteiger partial charge in [0.05, 0.1) is 12.5 Å². The maximum atomic E-state index is 12.5. The predicted octanol–water partition coefficient (Wildman–Crippen LogP) is 1.45. The van der Waals surface area contributed by atoms with Crippen molar-refractivity contribution in [1.82, 2.24) is 24.6 Å². The monoisotopic (exact) mass is 317 g/mol. The molecule has 2 aromatic rings. The Balaban J connectivity index is 1.74. The van der Waals surface area contributed by atoms with Crippen molar-refractivity contribution in [3.63, 3.8) is 0 Å². The molecule has 1 saturated carbocycles. The van der Waals surface area contributed by atoms with E-state index in [2.05, 4.69) is 15.4 Å². The number of aryl methyl sites for hydroxylation is 1. The van der Waals surface area contributed by atoms with Gasteiger partial charge in [0.1, 0.15) is 12.1 Å². The van der Waals surface area contributed by atoms with Gasteiger partial charge >= 0.3 is 0 Å². The zero-order valence-electron chi connectivity index (χ0n) is 13.5. The Morgan fingerprint density at radius 2 is 2.04 bits per heavy atom. The molecule has 2 aromatic heterocycles. The van der Waals surface area contributed by atoms with Crippen LogP contribution < -0.4 is 10.9 Å². The van der Waals surface area contributed by atoms with E-state index >= 15 is 0 Å². The number of nitrogens with one attached hydrogen (secondary N) is 1. The lowest BCUT2D eigenvalue weighted by molar-refractivity contribution is -0.122. The normalized spacial score (nSPS) is 16.4. The third kappa shape index (κ3) is 3.43. The second-order valence-electron chi connectivity index (χ2n) is 6.13. The van der Waals surface area contributed by atoms with E-state index in [0.717, 1.165) is 25.7 Å². The summed E-state index contributed by atoms with van der Waals surface area (Å²) in [6.07, 6.45) is 9.87. The van der Waals surface area contributed by atoms with Crippen LogP contribution in [0, 0.1) is 0 Å². The SMILES string of the molecule is CCn1ncc2ncn(CC(=O)NC3CCCCCC3)c(=O)c21. The molecule has 7 nitrogen and oxygen atoms in total. The highest BCUT2D eigenvalue weighted by Gasteiger charge is 2.16. The second kappa shape index (κ2) is 6.93. The molecule has 0 spiro atoms. The van der Waals surface area contributed by atoms with Crippen LogP contribution in [0.5, 0.6) is 0 Å². The number of nitrogens with zero attached hydrogens (tertiary/aromatic N) is 4. The van der Waals surface area contributed by atoms with Crippen molar-refractivity contribution in [1.29, 1.82) is 0 Å². The highest BCUT2D eigenvalue weighted by Crippen LogP contribution is 2.17. The van der Waals surface area contributed by atoms with Gasteiger partial charge in [-0.05, 0) is 19.8 Å². The van der Waals surface area contributed by atoms with Crippen molar-refractivity contribution >= 4 is 16.9 Å². The van der Waals surface area contributed by atoms with Gasteiger partial charge in [-0.3, -0.25) is 18.8 Å². The minimum absolute atomic E-state index is 0.00711. The van der Waals surface area contributed by atoms with Crippen molar-refractivity contribution in [3.8, 4) is 0 Å². The number of carbonyl (C=O) groups is 1. The highest BCUT2D eigenvalue weighted by atomic mass is 16.2. The Hall–Kier alpha value is -2.18. The molecular weight excluding hydrogens is 294 g/mol. The fourth-order valence-corrected chi connectivity index (χ4v) is 3.21. The molecular formula is C16H23N5O2. The molecule has 1 amide bonds. The molecule has 3 rings (SSSR count). The van der Waals surface area contributed by atoms with E-state index in [-0.39, 0.29) is 24.1 Å². The average Bonchev–Trinajstić information content (AvgIpc) is 2.80. The molecule has 2 heterocycles. The quantitative estimate of drug-likeness (QED) is 0.865. The molecule has 1 aliphatic carbocycles. The minimum atomic E-state index is -0.217. The van der Waals surface area contributed by atoms with E-state index in [0.29, 0.717) is 17.6 Å². The number of hydrogen-bond donors (Lipinski definition) is 1. The molecule has 124 valence electrons. The Bertz CT molecular complexity index is 740. The van der Waals surface area contributed by atoms with Gasteiger partial charge in [-0.2, -0.15) is 5.10 Å². The topological polar surface area (TPSA) is 81.8 Å². The van der Waals surface area contributed by atoms with Crippen LogP contribution in [0.1, 0.15) is 45.4 Å². The smallest absolute Gasteiger partial charge is 0.279 e. The van der Waals surface area contributed by atoms with Crippen LogP contribution in [0.3, 0.4) is 0 Å². The summed E-state index contributed by atoms with van der Waals surface area (Å²) in [6, 6.07) is 0.235. The van der Waals surface area contributed by atoms with Crippen molar-refractivity contribution in [2.75, 3.05) is 0 Å². The Kier molecular flexibility index (Phi) is 4.73. The molecule has 0 saturated heterocycles. The number of rotatable bonds is 4. The summed E-state index contributed by atoms with van der Waals surface area (Å²) in [7, 11) is 0. The first-order chi connectivity index (χ1) is 11.2. The molecule has 0 atom stereocenters. The Labute approximate surface area is 134 Å². The van der Waals surface area contributed by atoms with Gasteiger partial charge in [-0.25, -0.2) is 4.98 Å². The van der Waals surface area contributed by atoms with Crippen molar-refractivity contribution < 1.29 is 4.79 Å². The van der Waals surface area contributed by atoms with E-state index < -0.39 is 0 Å². The van der Waals surface area contributed by atoms with Gasteiger partial charge in [0.2, 0.25) is 5.91 Å². The fraction of sp³-hybridized carbons (Fsp3) is 0.625. The standard InChI is InChI=1S/C16H23N5O2/c1-2-21-15-13(9-18-21)17-11-20(16(15)23)10-14(22)19-12-7-5-3-4-6-8-12/h9,11-12H,2-8,10H2,1H3,(H,19,22). The summed E-state index contributed by atoms with van der Waals surface area (Å²) in [5, 5.41) is 7.20. The van der Waals surface area contributed by atoms with Gasteiger partial charge in [0.15, 0.2) is 5.52 Å². The number of carbonyl (C=O) groups excluding carboxylic acids is 1. The van der Waals surface area contributed by atoms with Crippen LogP contribution in [0.2, 0.25) is 0 Å². The van der Waals surface area contributed by atoms with Crippen molar-refractivity contribution in [3.05, 3.63) is 22.9 Å². The lowest BCUT2D eigenvalue weighted by Crippen LogP contribution is -2.38. The first kappa shape index (κ1) is 15.7. The maximum Gasteiger partial charge on any atom is 0.279 e. The third-order valence-corrected chi connectivity index (χ3v) is 4.45. The van der Waals surface area contributed by atoms with Crippen molar-refractivity contribution in [2.24, 2.45) is 0 Å². The Morgan fingerprint density at radius 1 is 1.30 bits per heavy atom. The minimum Gasteiger partial charge on any atom is -0.352 e. The lowest BCUT2D eigenvalue weighted by atomic mass is 10.1. The summed E-state index contributed by atoms with van der Waals surface area (Å²) in [6.45, 7) is 2.52. The molecule has 0 aromatic carbocycles. The Morgan fingerprint density at radius 3 is 2.74 bits per heavy atom. The first-order valence-corrected chi connectivity index (χ1v) is 8.39. The van der Waals surface area contributed by atoms with Crippen LogP contribution in [0.15, 0.2) is 17.3 Å². The third-order valence-electron chi connectivity index (χ3n) is 4.45. The molecule has 1 aliphatic rings. The van der Waals surface area contributed by atoms with Crippen LogP contribution in [-0.4, -0.2) is 31.3 Å². The highest BCUT2D eigenvalue weighted by molar-refractivity contribution is 5.77. The molecule has 0 bridgehead atoms. The summed E-state index contributed by atoms with van der Waals surface area (Å²) in [5.41, 5.74) is 0.805. The van der Waals surface area contributed by atoms with Gasteiger partial charge in [-0.15, -0.1) is 0 Å².